The third-order valence-electron chi connectivity index (χ3n) is 4.91. The van der Waals surface area contributed by atoms with Crippen molar-refractivity contribution in [3.05, 3.63) is 88.9 Å². The van der Waals surface area contributed by atoms with Crippen molar-refractivity contribution in [1.29, 1.82) is 0 Å². The maximum atomic E-state index is 13.0. The van der Waals surface area contributed by atoms with Gasteiger partial charge in [-0.3, -0.25) is 0 Å². The Balaban J connectivity index is 1.66. The average Bonchev–Trinajstić information content (AvgIpc) is 3.24. The molecule has 160 valence electrons. The van der Waals surface area contributed by atoms with Gasteiger partial charge < -0.3 is 5.11 Å². The van der Waals surface area contributed by atoms with E-state index in [1.54, 1.807) is 24.3 Å². The zero-order valence-electron chi connectivity index (χ0n) is 16.1. The lowest BCUT2D eigenvalue weighted by Gasteiger charge is -2.29. The zero-order valence-corrected chi connectivity index (χ0v) is 18.4. The predicted octanol–water partition coefficient (Wildman–Crippen LogP) is 3.60. The fraction of sp³-hybridized carbons (Fsp3) is 0.143. The minimum atomic E-state index is -3.92. The van der Waals surface area contributed by atoms with E-state index in [1.165, 1.54) is 29.5 Å². The monoisotopic (exact) mass is 476 g/mol. The van der Waals surface area contributed by atoms with Crippen LogP contribution in [0.5, 0.6) is 0 Å². The van der Waals surface area contributed by atoms with Gasteiger partial charge in [0.15, 0.2) is 0 Å². The molecule has 4 rings (SSSR count). The van der Waals surface area contributed by atoms with Crippen LogP contribution in [0.3, 0.4) is 0 Å². The van der Waals surface area contributed by atoms with Crippen molar-refractivity contribution >= 4 is 44.0 Å². The van der Waals surface area contributed by atoms with Gasteiger partial charge in [0.1, 0.15) is 18.3 Å². The minimum absolute atomic E-state index is 0.0748. The van der Waals surface area contributed by atoms with E-state index in [-0.39, 0.29) is 23.0 Å². The quantitative estimate of drug-likeness (QED) is 0.424. The van der Waals surface area contributed by atoms with Gasteiger partial charge in [-0.1, -0.05) is 59.6 Å². The molecule has 1 aromatic heterocycles. The first-order chi connectivity index (χ1) is 14.8. The van der Waals surface area contributed by atoms with Gasteiger partial charge in [-0.05, 0) is 35.0 Å². The first-order valence-corrected chi connectivity index (χ1v) is 11.5. The van der Waals surface area contributed by atoms with E-state index in [1.807, 2.05) is 24.3 Å². The Morgan fingerprint density at radius 2 is 1.81 bits per heavy atom. The maximum Gasteiger partial charge on any atom is 0.240 e. The average molecular weight is 477 g/mol. The van der Waals surface area contributed by atoms with Crippen LogP contribution in [0.25, 0.3) is 10.8 Å². The largest absolute Gasteiger partial charge is 0.382 e. The van der Waals surface area contributed by atoms with Crippen molar-refractivity contribution in [3.8, 4) is 0 Å². The van der Waals surface area contributed by atoms with Crippen LogP contribution in [0.2, 0.25) is 10.0 Å². The molecule has 0 spiro atoms. The van der Waals surface area contributed by atoms with Crippen molar-refractivity contribution < 1.29 is 13.5 Å². The van der Waals surface area contributed by atoms with E-state index in [4.69, 9.17) is 23.2 Å². The minimum Gasteiger partial charge on any atom is -0.382 e. The summed E-state index contributed by atoms with van der Waals surface area (Å²) >= 11 is 12.3. The molecule has 0 aliphatic carbocycles. The SMILES string of the molecule is O=S(=O)(NCC(O)(Cn1cncn1)c1ccc(Cl)cc1Cl)c1ccc2ccccc2c1. The van der Waals surface area contributed by atoms with Crippen LogP contribution in [0.1, 0.15) is 5.56 Å². The van der Waals surface area contributed by atoms with Gasteiger partial charge in [0.05, 0.1) is 11.4 Å². The summed E-state index contributed by atoms with van der Waals surface area (Å²) in [7, 11) is -3.92. The van der Waals surface area contributed by atoms with Crippen molar-refractivity contribution in [1.82, 2.24) is 19.5 Å². The fourth-order valence-electron chi connectivity index (χ4n) is 3.32. The molecule has 7 nitrogen and oxygen atoms in total. The number of benzene rings is 3. The molecule has 0 radical (unpaired) electrons. The van der Waals surface area contributed by atoms with Crippen LogP contribution >= 0.6 is 23.2 Å². The smallest absolute Gasteiger partial charge is 0.240 e. The molecule has 0 saturated carbocycles. The second-order valence-electron chi connectivity index (χ2n) is 7.08. The van der Waals surface area contributed by atoms with Crippen molar-refractivity contribution in [3.63, 3.8) is 0 Å². The Bertz CT molecular complexity index is 1330. The summed E-state index contributed by atoms with van der Waals surface area (Å²) in [5.74, 6) is 0. The highest BCUT2D eigenvalue weighted by Gasteiger charge is 2.34. The van der Waals surface area contributed by atoms with Gasteiger partial charge >= 0.3 is 0 Å². The topological polar surface area (TPSA) is 97.1 Å². The van der Waals surface area contributed by atoms with Crippen LogP contribution < -0.4 is 4.72 Å². The predicted molar refractivity (Wildman–Crippen MR) is 120 cm³/mol. The van der Waals surface area contributed by atoms with E-state index < -0.39 is 15.6 Å². The van der Waals surface area contributed by atoms with Crippen LogP contribution in [-0.2, 0) is 22.2 Å². The number of halogens is 2. The molecule has 31 heavy (non-hydrogen) atoms. The molecular formula is C21H18Cl2N4O3S. The highest BCUT2D eigenvalue weighted by Crippen LogP contribution is 2.32. The molecular weight excluding hydrogens is 459 g/mol. The Morgan fingerprint density at radius 1 is 1.03 bits per heavy atom. The first kappa shape index (κ1) is 21.7. The summed E-state index contributed by atoms with van der Waals surface area (Å²) in [5.41, 5.74) is -1.39. The van der Waals surface area contributed by atoms with E-state index in [2.05, 4.69) is 14.8 Å². The third-order valence-corrected chi connectivity index (χ3v) is 6.86. The Morgan fingerprint density at radius 3 is 2.52 bits per heavy atom. The lowest BCUT2D eigenvalue weighted by molar-refractivity contribution is 0.0204. The molecule has 1 unspecified atom stereocenters. The number of fused-ring (bicyclic) bond motifs is 1. The second-order valence-corrected chi connectivity index (χ2v) is 9.69. The normalized spacial score (nSPS) is 13.9. The van der Waals surface area contributed by atoms with Crippen LogP contribution in [0.15, 0.2) is 78.2 Å². The molecule has 0 fully saturated rings. The summed E-state index contributed by atoms with van der Waals surface area (Å²) in [6.45, 7) is -0.419. The van der Waals surface area contributed by atoms with E-state index in [9.17, 15) is 13.5 Å². The van der Waals surface area contributed by atoms with Gasteiger partial charge in [0.25, 0.3) is 0 Å². The molecule has 10 heteroatoms. The summed E-state index contributed by atoms with van der Waals surface area (Å²) < 4.78 is 29.9. The lowest BCUT2D eigenvalue weighted by atomic mass is 9.94. The number of nitrogens with zero attached hydrogens (tertiary/aromatic N) is 3. The molecule has 0 amide bonds. The molecule has 0 saturated heterocycles. The third kappa shape index (κ3) is 4.73. The van der Waals surface area contributed by atoms with Crippen molar-refractivity contribution in [2.45, 2.75) is 17.0 Å². The first-order valence-electron chi connectivity index (χ1n) is 9.26. The Hall–Kier alpha value is -2.49. The van der Waals surface area contributed by atoms with Crippen LogP contribution in [0, 0.1) is 0 Å². The number of aromatic nitrogens is 3. The summed E-state index contributed by atoms with van der Waals surface area (Å²) in [4.78, 5) is 3.96. The van der Waals surface area contributed by atoms with Crippen molar-refractivity contribution in [2.75, 3.05) is 6.54 Å². The molecule has 4 aromatic rings. The highest BCUT2D eigenvalue weighted by molar-refractivity contribution is 7.89. The molecule has 1 atom stereocenters. The standard InChI is InChI=1S/C21H18Cl2N4O3S/c22-17-6-8-19(20(23)10-17)21(28,12-27-14-24-13-25-27)11-26-31(29,30)18-7-5-15-3-1-2-4-16(15)9-18/h1-10,13-14,26,28H,11-12H2. The molecule has 0 aliphatic heterocycles. The van der Waals surface area contributed by atoms with E-state index in [0.717, 1.165) is 10.8 Å². The van der Waals surface area contributed by atoms with Gasteiger partial charge in [-0.25, -0.2) is 22.8 Å². The molecule has 1 heterocycles. The molecule has 0 bridgehead atoms. The van der Waals surface area contributed by atoms with Crippen LogP contribution in [-0.4, -0.2) is 34.8 Å². The van der Waals surface area contributed by atoms with Gasteiger partial charge in [-0.15, -0.1) is 0 Å². The zero-order chi connectivity index (χ0) is 22.1. The summed E-state index contributed by atoms with van der Waals surface area (Å²) in [6, 6.07) is 16.9. The van der Waals surface area contributed by atoms with E-state index >= 15 is 0 Å². The van der Waals surface area contributed by atoms with Gasteiger partial charge in [-0.2, -0.15) is 5.10 Å². The van der Waals surface area contributed by atoms with Crippen molar-refractivity contribution in [2.24, 2.45) is 0 Å². The fourth-order valence-corrected chi connectivity index (χ4v) is 5.03. The Labute approximate surface area is 189 Å². The number of rotatable bonds is 7. The highest BCUT2D eigenvalue weighted by atomic mass is 35.5. The number of hydrogen-bond acceptors (Lipinski definition) is 5. The summed E-state index contributed by atoms with van der Waals surface area (Å²) in [6.07, 6.45) is 2.75. The number of sulfonamides is 1. The molecule has 2 N–H and O–H groups in total. The number of aliphatic hydroxyl groups is 1. The number of hydrogen-bond donors (Lipinski definition) is 2. The van der Waals surface area contributed by atoms with Crippen LogP contribution in [0.4, 0.5) is 0 Å². The maximum absolute atomic E-state index is 13.0. The summed E-state index contributed by atoms with van der Waals surface area (Å²) in [5, 5.41) is 17.8. The second kappa shape index (κ2) is 8.57. The molecule has 3 aromatic carbocycles. The number of nitrogens with one attached hydrogen (secondary N) is 1. The lowest BCUT2D eigenvalue weighted by Crippen LogP contribution is -2.44. The van der Waals surface area contributed by atoms with Gasteiger partial charge in [0.2, 0.25) is 10.0 Å². The van der Waals surface area contributed by atoms with Gasteiger partial charge in [0, 0.05) is 22.2 Å². The Kier molecular flexibility index (Phi) is 6.00. The van der Waals surface area contributed by atoms with E-state index in [0.29, 0.717) is 10.6 Å². The molecule has 0 aliphatic rings.